The fourth-order valence-electron chi connectivity index (χ4n) is 9.94. The smallest absolute Gasteiger partial charge is 0.143 e. The van der Waals surface area contributed by atoms with Crippen LogP contribution in [-0.4, -0.2) is 9.13 Å². The number of furan rings is 1. The van der Waals surface area contributed by atoms with Crippen LogP contribution in [-0.2, 0) is 0 Å². The summed E-state index contributed by atoms with van der Waals surface area (Å²) in [6.45, 7) is 0. The first-order valence-corrected chi connectivity index (χ1v) is 21.2. The van der Waals surface area contributed by atoms with E-state index in [0.717, 1.165) is 61.5 Å². The van der Waals surface area contributed by atoms with E-state index >= 15 is 0 Å². The summed E-state index contributed by atoms with van der Waals surface area (Å²) in [5.41, 5.74) is 14.0. The number of hydrogen-bond donors (Lipinski definition) is 0. The Morgan fingerprint density at radius 1 is 0.323 bits per heavy atom. The second kappa shape index (κ2) is 13.6. The Morgan fingerprint density at radius 3 is 1.47 bits per heavy atom. The fraction of sp³-hybridized carbons (Fsp3) is 0. The van der Waals surface area contributed by atoms with Gasteiger partial charge in [0.25, 0.3) is 0 Å². The number of rotatable bonds is 6. The Kier molecular flexibility index (Phi) is 7.57. The van der Waals surface area contributed by atoms with Crippen molar-refractivity contribution in [2.45, 2.75) is 0 Å². The van der Waals surface area contributed by atoms with Gasteiger partial charge >= 0.3 is 0 Å². The van der Waals surface area contributed by atoms with Crippen molar-refractivity contribution in [3.63, 3.8) is 0 Å². The molecule has 4 nitrogen and oxygen atoms in total. The molecule has 0 unspecified atom stereocenters. The van der Waals surface area contributed by atoms with E-state index in [2.05, 4.69) is 238 Å². The third kappa shape index (κ3) is 5.20. The molecule has 0 spiro atoms. The highest BCUT2D eigenvalue weighted by Crippen LogP contribution is 2.46. The zero-order valence-corrected chi connectivity index (χ0v) is 33.6. The molecule has 0 saturated heterocycles. The lowest BCUT2D eigenvalue weighted by Gasteiger charge is -2.28. The molecule has 290 valence electrons. The number of aromatic nitrogens is 2. The lowest BCUT2D eigenvalue weighted by Crippen LogP contribution is -2.12. The van der Waals surface area contributed by atoms with Gasteiger partial charge in [-0.25, -0.2) is 0 Å². The highest BCUT2D eigenvalue weighted by molar-refractivity contribution is 6.14. The van der Waals surface area contributed by atoms with Gasteiger partial charge in [-0.2, -0.15) is 0 Å². The standard InChI is InChI=1S/C58H37N3O/c1-2-16-39-36-57-51(35-38(39)15-1)50-25-14-24-49(58(50)62-57)48-23-7-8-26-52(48)59(40-31-33-41(34-32-40)60-53-27-9-3-19-44(53)45-20-4-10-28-54(45)60)42-17-13-18-43(37-42)61-55-29-11-5-21-46(55)47-22-6-12-30-56(47)61/h1-37H. The minimum absolute atomic E-state index is 0.881. The summed E-state index contributed by atoms with van der Waals surface area (Å²) < 4.78 is 11.6. The maximum atomic E-state index is 6.84. The molecule has 0 radical (unpaired) electrons. The highest BCUT2D eigenvalue weighted by Gasteiger charge is 2.22. The van der Waals surface area contributed by atoms with Crippen LogP contribution in [0.2, 0.25) is 0 Å². The summed E-state index contributed by atoms with van der Waals surface area (Å²) in [5.74, 6) is 0. The quantitative estimate of drug-likeness (QED) is 0.168. The Morgan fingerprint density at radius 2 is 0.823 bits per heavy atom. The van der Waals surface area contributed by atoms with E-state index in [1.165, 1.54) is 54.4 Å². The van der Waals surface area contributed by atoms with Gasteiger partial charge in [0.15, 0.2) is 0 Å². The van der Waals surface area contributed by atoms with Crippen LogP contribution in [0.1, 0.15) is 0 Å². The van der Waals surface area contributed by atoms with E-state index < -0.39 is 0 Å². The largest absolute Gasteiger partial charge is 0.455 e. The number of anilines is 3. The molecule has 0 N–H and O–H groups in total. The first kappa shape index (κ1) is 34.5. The Labute approximate surface area is 357 Å². The van der Waals surface area contributed by atoms with Crippen molar-refractivity contribution >= 4 is 93.4 Å². The van der Waals surface area contributed by atoms with Gasteiger partial charge in [-0.1, -0.05) is 140 Å². The van der Waals surface area contributed by atoms with E-state index in [0.29, 0.717) is 0 Å². The number of para-hydroxylation sites is 6. The molecule has 4 heteroatoms. The van der Waals surface area contributed by atoms with Crippen molar-refractivity contribution in [2.24, 2.45) is 0 Å². The third-order valence-corrected chi connectivity index (χ3v) is 12.7. The predicted octanol–water partition coefficient (Wildman–Crippen LogP) is 16.1. The van der Waals surface area contributed by atoms with Gasteiger partial charge in [0, 0.05) is 66.2 Å². The number of fused-ring (bicyclic) bond motifs is 10. The summed E-state index contributed by atoms with van der Waals surface area (Å²) in [7, 11) is 0. The minimum Gasteiger partial charge on any atom is -0.455 e. The topological polar surface area (TPSA) is 26.2 Å². The first-order chi connectivity index (χ1) is 30.8. The molecule has 10 aromatic carbocycles. The molecule has 62 heavy (non-hydrogen) atoms. The molecule has 0 bridgehead atoms. The highest BCUT2D eigenvalue weighted by atomic mass is 16.3. The monoisotopic (exact) mass is 791 g/mol. The van der Waals surface area contributed by atoms with Gasteiger partial charge in [0.05, 0.1) is 27.8 Å². The summed E-state index contributed by atoms with van der Waals surface area (Å²) >= 11 is 0. The van der Waals surface area contributed by atoms with Gasteiger partial charge in [0.1, 0.15) is 11.2 Å². The molecule has 3 aromatic heterocycles. The minimum atomic E-state index is 0.881. The lowest BCUT2D eigenvalue weighted by atomic mass is 9.98. The van der Waals surface area contributed by atoms with Crippen molar-refractivity contribution < 1.29 is 4.42 Å². The maximum absolute atomic E-state index is 6.84. The third-order valence-electron chi connectivity index (χ3n) is 12.7. The average molecular weight is 792 g/mol. The summed E-state index contributed by atoms with van der Waals surface area (Å²) in [4.78, 5) is 2.40. The van der Waals surface area contributed by atoms with Gasteiger partial charge in [-0.15, -0.1) is 0 Å². The summed E-state index contributed by atoms with van der Waals surface area (Å²) in [5, 5.41) is 9.57. The van der Waals surface area contributed by atoms with Gasteiger partial charge in [-0.05, 0) is 95.7 Å². The lowest BCUT2D eigenvalue weighted by molar-refractivity contribution is 0.670. The Balaban J connectivity index is 1.03. The van der Waals surface area contributed by atoms with Crippen LogP contribution < -0.4 is 4.90 Å². The molecule has 0 saturated carbocycles. The van der Waals surface area contributed by atoms with E-state index in [1.54, 1.807) is 0 Å². The number of nitrogens with zero attached hydrogens (tertiary/aromatic N) is 3. The second-order valence-corrected chi connectivity index (χ2v) is 16.1. The fourth-order valence-corrected chi connectivity index (χ4v) is 9.94. The van der Waals surface area contributed by atoms with Crippen LogP contribution in [0.15, 0.2) is 229 Å². The van der Waals surface area contributed by atoms with Crippen LogP contribution in [0.5, 0.6) is 0 Å². The van der Waals surface area contributed by atoms with E-state index in [9.17, 15) is 0 Å². The van der Waals surface area contributed by atoms with Crippen molar-refractivity contribution in [1.29, 1.82) is 0 Å². The number of benzene rings is 10. The van der Waals surface area contributed by atoms with Crippen molar-refractivity contribution in [3.05, 3.63) is 224 Å². The van der Waals surface area contributed by atoms with Gasteiger partial charge in [0.2, 0.25) is 0 Å². The SMILES string of the molecule is c1cc(N(c2ccc(-n3c4ccccc4c4ccccc43)cc2)c2ccccc2-c2cccc3c2oc2cc4ccccc4cc23)cc(-n2c3ccccc3c3ccccc32)c1. The van der Waals surface area contributed by atoms with Crippen LogP contribution in [0.4, 0.5) is 17.1 Å². The summed E-state index contributed by atoms with van der Waals surface area (Å²) in [6.07, 6.45) is 0. The Hall–Kier alpha value is -8.34. The van der Waals surface area contributed by atoms with Crippen molar-refractivity contribution in [3.8, 4) is 22.5 Å². The normalized spacial score (nSPS) is 11.9. The first-order valence-electron chi connectivity index (χ1n) is 21.2. The zero-order chi connectivity index (χ0) is 40.7. The molecule has 0 fully saturated rings. The molecule has 0 atom stereocenters. The van der Waals surface area contributed by atoms with E-state index in [-0.39, 0.29) is 0 Å². The molecular weight excluding hydrogens is 755 g/mol. The molecule has 0 aliphatic heterocycles. The van der Waals surface area contributed by atoms with Crippen LogP contribution in [0.3, 0.4) is 0 Å². The van der Waals surface area contributed by atoms with Crippen LogP contribution in [0, 0.1) is 0 Å². The van der Waals surface area contributed by atoms with E-state index in [1.807, 2.05) is 0 Å². The second-order valence-electron chi connectivity index (χ2n) is 16.1. The molecule has 13 rings (SSSR count). The molecular formula is C58H37N3O. The van der Waals surface area contributed by atoms with Crippen LogP contribution in [0.25, 0.3) is 98.8 Å². The van der Waals surface area contributed by atoms with Crippen molar-refractivity contribution in [1.82, 2.24) is 9.13 Å². The molecule has 0 aliphatic carbocycles. The zero-order valence-electron chi connectivity index (χ0n) is 33.6. The maximum Gasteiger partial charge on any atom is 0.143 e. The Bertz CT molecular complexity index is 3780. The van der Waals surface area contributed by atoms with Gasteiger partial charge < -0.3 is 18.5 Å². The molecule has 0 aliphatic rings. The number of hydrogen-bond acceptors (Lipinski definition) is 2. The van der Waals surface area contributed by atoms with Crippen LogP contribution >= 0.6 is 0 Å². The summed E-state index contributed by atoms with van der Waals surface area (Å²) in [6, 6.07) is 80.9. The average Bonchev–Trinajstić information content (AvgIpc) is 3.99. The predicted molar refractivity (Wildman–Crippen MR) is 260 cm³/mol. The van der Waals surface area contributed by atoms with Gasteiger partial charge in [-0.3, -0.25) is 0 Å². The van der Waals surface area contributed by atoms with Crippen molar-refractivity contribution in [2.75, 3.05) is 4.90 Å². The molecule has 3 heterocycles. The van der Waals surface area contributed by atoms with E-state index in [4.69, 9.17) is 4.42 Å². The molecule has 13 aromatic rings. The molecule has 0 amide bonds.